The first-order valence-electron chi connectivity index (χ1n) is 16.8. The molecule has 9 nitrogen and oxygen atoms in total. The first kappa shape index (κ1) is 33.7. The molecule has 258 valence electrons. The van der Waals surface area contributed by atoms with Crippen molar-refractivity contribution < 1.29 is 32.5 Å². The van der Waals surface area contributed by atoms with Gasteiger partial charge in [0.25, 0.3) is 0 Å². The Balaban J connectivity index is 1.52. The summed E-state index contributed by atoms with van der Waals surface area (Å²) in [5, 5.41) is 16.5. The van der Waals surface area contributed by atoms with Gasteiger partial charge in [0.2, 0.25) is 5.91 Å². The number of methoxy groups -OCH3 is 2. The molecular formula is C36H44F3N5O4. The van der Waals surface area contributed by atoms with E-state index in [1.54, 1.807) is 37.3 Å². The lowest BCUT2D eigenvalue weighted by molar-refractivity contribution is -0.137. The van der Waals surface area contributed by atoms with Crippen molar-refractivity contribution in [2.24, 2.45) is 5.10 Å². The molecule has 2 fully saturated rings. The summed E-state index contributed by atoms with van der Waals surface area (Å²) in [6, 6.07) is 9.68. The monoisotopic (exact) mass is 667 g/mol. The number of ether oxygens (including phenoxy) is 2. The number of anilines is 2. The predicted octanol–water partition coefficient (Wildman–Crippen LogP) is 6.17. The number of aliphatic hydroxyl groups is 1. The maximum Gasteiger partial charge on any atom is 0.418 e. The van der Waals surface area contributed by atoms with Crippen LogP contribution in [0.3, 0.4) is 0 Å². The van der Waals surface area contributed by atoms with Gasteiger partial charge in [-0.15, -0.1) is 0 Å². The van der Waals surface area contributed by atoms with Crippen LogP contribution in [0.5, 0.6) is 11.5 Å². The fourth-order valence-electron chi connectivity index (χ4n) is 7.00. The molecule has 1 amide bonds. The summed E-state index contributed by atoms with van der Waals surface area (Å²) in [4.78, 5) is 19.5. The van der Waals surface area contributed by atoms with Gasteiger partial charge < -0.3 is 29.3 Å². The highest BCUT2D eigenvalue weighted by Gasteiger charge is 2.41. The molecule has 4 aliphatic heterocycles. The van der Waals surface area contributed by atoms with E-state index in [1.165, 1.54) is 5.01 Å². The van der Waals surface area contributed by atoms with E-state index in [1.807, 2.05) is 30.0 Å². The third kappa shape index (κ3) is 6.85. The van der Waals surface area contributed by atoms with Crippen LogP contribution in [0.15, 0.2) is 64.5 Å². The number of allylic oxidation sites excluding steroid dienone is 1. The Morgan fingerprint density at radius 1 is 1.00 bits per heavy atom. The highest BCUT2D eigenvalue weighted by molar-refractivity contribution is 6.15. The van der Waals surface area contributed by atoms with Crippen LogP contribution in [0.25, 0.3) is 0 Å². The largest absolute Gasteiger partial charge is 0.497 e. The van der Waals surface area contributed by atoms with Crippen LogP contribution < -0.4 is 19.4 Å². The molecule has 6 rings (SSSR count). The Morgan fingerprint density at radius 3 is 2.31 bits per heavy atom. The van der Waals surface area contributed by atoms with Crippen LogP contribution in [-0.2, 0) is 11.0 Å². The number of benzene rings is 2. The lowest BCUT2D eigenvalue weighted by Crippen LogP contribution is -2.45. The molecule has 4 heterocycles. The molecular weight excluding hydrogens is 623 g/mol. The lowest BCUT2D eigenvalue weighted by atomic mass is 9.96. The zero-order valence-corrected chi connectivity index (χ0v) is 27.9. The summed E-state index contributed by atoms with van der Waals surface area (Å²) in [7, 11) is 3.09. The second kappa shape index (κ2) is 14.1. The van der Waals surface area contributed by atoms with Crippen LogP contribution in [-0.4, -0.2) is 86.1 Å². The van der Waals surface area contributed by atoms with Crippen molar-refractivity contribution in [3.8, 4) is 11.5 Å². The number of hydrogen-bond donors (Lipinski definition) is 1. The van der Waals surface area contributed by atoms with Gasteiger partial charge in [0, 0.05) is 55.6 Å². The maximum absolute atomic E-state index is 14.8. The first-order chi connectivity index (χ1) is 23.1. The number of hydrogen-bond acceptors (Lipinski definition) is 8. The van der Waals surface area contributed by atoms with Gasteiger partial charge in [-0.25, -0.2) is 5.01 Å². The van der Waals surface area contributed by atoms with Gasteiger partial charge in [-0.1, -0.05) is 19.4 Å². The Morgan fingerprint density at radius 2 is 1.69 bits per heavy atom. The fourth-order valence-corrected chi connectivity index (χ4v) is 7.00. The van der Waals surface area contributed by atoms with E-state index in [2.05, 4.69) is 4.90 Å². The molecule has 0 aromatic heterocycles. The van der Waals surface area contributed by atoms with Crippen LogP contribution in [0.4, 0.5) is 24.5 Å². The van der Waals surface area contributed by atoms with Crippen LogP contribution >= 0.6 is 0 Å². The number of piperidine rings is 1. The van der Waals surface area contributed by atoms with E-state index >= 15 is 0 Å². The summed E-state index contributed by atoms with van der Waals surface area (Å²) >= 11 is 0. The molecule has 0 aliphatic carbocycles. The molecule has 4 aliphatic rings. The van der Waals surface area contributed by atoms with Gasteiger partial charge in [-0.2, -0.15) is 18.3 Å². The van der Waals surface area contributed by atoms with Gasteiger partial charge >= 0.3 is 6.18 Å². The molecule has 0 spiro atoms. The third-order valence-corrected chi connectivity index (χ3v) is 9.57. The molecule has 2 aromatic carbocycles. The number of amides is 1. The highest BCUT2D eigenvalue weighted by atomic mass is 19.4. The van der Waals surface area contributed by atoms with E-state index in [9.17, 15) is 23.1 Å². The molecule has 0 saturated carbocycles. The number of likely N-dealkylation sites (tertiary alicyclic amines) is 1. The number of rotatable bonds is 9. The average molecular weight is 668 g/mol. The first-order valence-corrected chi connectivity index (χ1v) is 16.8. The zero-order valence-electron chi connectivity index (χ0n) is 27.9. The quantitative estimate of drug-likeness (QED) is 0.343. The van der Waals surface area contributed by atoms with Crippen molar-refractivity contribution in [2.75, 3.05) is 63.4 Å². The molecule has 2 saturated heterocycles. The zero-order chi connectivity index (χ0) is 34.0. The SMILES string of the molecule is CCC/C=C1\C2=C(CCN2CC(=O)N2CCC(O)CC2)C(c2cc(OC)cc(OC)c2)=NN1c1cc(N2CCCC2)ccc1C(F)(F)F. The topological polar surface area (TPSA) is 81.1 Å². The molecule has 0 bridgehead atoms. The van der Waals surface area contributed by atoms with Crippen molar-refractivity contribution in [3.05, 3.63) is 70.6 Å². The van der Waals surface area contributed by atoms with Gasteiger partial charge in [0.05, 0.1) is 55.2 Å². The van der Waals surface area contributed by atoms with E-state index in [4.69, 9.17) is 14.6 Å². The Bertz CT molecular complexity index is 1580. The molecule has 0 atom stereocenters. The average Bonchev–Trinajstić information content (AvgIpc) is 3.78. The molecule has 12 heteroatoms. The molecule has 0 radical (unpaired) electrons. The number of aliphatic hydroxyl groups excluding tert-OH is 1. The second-order valence-corrected chi connectivity index (χ2v) is 12.7. The van der Waals surface area contributed by atoms with Crippen LogP contribution in [0, 0.1) is 0 Å². The number of halogens is 3. The molecule has 0 unspecified atom stereocenters. The van der Waals surface area contributed by atoms with E-state index in [0.29, 0.717) is 79.5 Å². The number of carbonyl (C=O) groups excluding carboxylic acids is 1. The van der Waals surface area contributed by atoms with Crippen molar-refractivity contribution in [1.82, 2.24) is 9.80 Å². The third-order valence-electron chi connectivity index (χ3n) is 9.57. The summed E-state index contributed by atoms with van der Waals surface area (Å²) in [6.45, 7) is 5.09. The fraction of sp³-hybridized carbons (Fsp3) is 0.500. The normalized spacial score (nSPS) is 19.7. The van der Waals surface area contributed by atoms with E-state index in [0.717, 1.165) is 49.7 Å². The van der Waals surface area contributed by atoms with Crippen molar-refractivity contribution >= 4 is 23.0 Å². The van der Waals surface area contributed by atoms with Crippen LogP contribution in [0.2, 0.25) is 0 Å². The number of alkyl halides is 3. The smallest absolute Gasteiger partial charge is 0.418 e. The van der Waals surface area contributed by atoms with E-state index < -0.39 is 17.8 Å². The standard InChI is InChI=1S/C36H44F3N5O4/c1-4-5-8-31-35-29(13-18-43(35)23-33(46)42-16-11-26(45)12-17-42)34(24-19-27(47-2)22-28(20-24)48-3)40-44(31)32-21-25(41-14-6-7-15-41)9-10-30(32)36(37,38)39/h8-10,19-22,26,45H,4-7,11-18,23H2,1-3H3/b31-8+. The van der Waals surface area contributed by atoms with Gasteiger partial charge in [0.15, 0.2) is 0 Å². The minimum absolute atomic E-state index is 0.0589. The van der Waals surface area contributed by atoms with Crippen molar-refractivity contribution in [3.63, 3.8) is 0 Å². The Kier molecular flexibility index (Phi) is 9.91. The van der Waals surface area contributed by atoms with Crippen molar-refractivity contribution in [2.45, 2.75) is 64.1 Å². The predicted molar refractivity (Wildman–Crippen MR) is 179 cm³/mol. The van der Waals surface area contributed by atoms with Gasteiger partial charge in [-0.3, -0.25) is 4.79 Å². The van der Waals surface area contributed by atoms with Gasteiger partial charge in [-0.05, 0) is 68.9 Å². The Hall–Kier alpha value is -4.19. The molecule has 48 heavy (non-hydrogen) atoms. The number of hydrazone groups is 1. The van der Waals surface area contributed by atoms with Gasteiger partial charge in [0.1, 0.15) is 11.5 Å². The summed E-state index contributed by atoms with van der Waals surface area (Å²) < 4.78 is 55.6. The minimum atomic E-state index is -4.64. The maximum atomic E-state index is 14.8. The van der Waals surface area contributed by atoms with Crippen molar-refractivity contribution in [1.29, 1.82) is 0 Å². The summed E-state index contributed by atoms with van der Waals surface area (Å²) in [5.74, 6) is 0.978. The lowest BCUT2D eigenvalue weighted by Gasteiger charge is -2.36. The minimum Gasteiger partial charge on any atom is -0.497 e. The number of carbonyl (C=O) groups is 1. The summed E-state index contributed by atoms with van der Waals surface area (Å²) in [5.41, 5.74) is 3.12. The molecule has 1 N–H and O–H groups in total. The van der Waals surface area contributed by atoms with Crippen LogP contribution in [0.1, 0.15) is 63.0 Å². The summed E-state index contributed by atoms with van der Waals surface area (Å²) in [6.07, 6.45) is 1.85. The number of unbranched alkanes of at least 4 members (excludes halogenated alkanes) is 1. The number of nitrogens with zero attached hydrogens (tertiary/aromatic N) is 5. The molecule has 2 aromatic rings. The van der Waals surface area contributed by atoms with E-state index in [-0.39, 0.29) is 18.1 Å². The Labute approximate surface area is 279 Å². The highest BCUT2D eigenvalue weighted by Crippen LogP contribution is 2.46. The second-order valence-electron chi connectivity index (χ2n) is 12.7.